The van der Waals surface area contributed by atoms with Gasteiger partial charge in [-0.15, -0.1) is 0 Å². The second-order valence-electron chi connectivity index (χ2n) is 5.23. The van der Waals surface area contributed by atoms with Gasteiger partial charge in [0.2, 0.25) is 0 Å². The lowest BCUT2D eigenvalue weighted by atomic mass is 10.2. The highest BCUT2D eigenvalue weighted by Crippen LogP contribution is 2.14. The van der Waals surface area contributed by atoms with Crippen molar-refractivity contribution in [3.63, 3.8) is 0 Å². The molecular formula is C19H19NO4. The highest BCUT2D eigenvalue weighted by atomic mass is 16.6. The Morgan fingerprint density at radius 2 is 1.88 bits per heavy atom. The molecule has 0 N–H and O–H groups in total. The smallest absolute Gasteiger partial charge is 0.347 e. The van der Waals surface area contributed by atoms with Crippen LogP contribution in [-0.2, 0) is 9.53 Å². The van der Waals surface area contributed by atoms with Gasteiger partial charge >= 0.3 is 5.97 Å². The maximum absolute atomic E-state index is 11.9. The summed E-state index contributed by atoms with van der Waals surface area (Å²) in [6.07, 6.45) is -0.739. The highest BCUT2D eigenvalue weighted by Gasteiger charge is 2.16. The first-order valence-corrected chi connectivity index (χ1v) is 7.61. The van der Waals surface area contributed by atoms with Gasteiger partial charge < -0.3 is 14.2 Å². The SMILES string of the molecule is Cc1cccc(OCCOC(=O)[C@H](C)Oc2ccc(C#N)cc2)c1. The molecular weight excluding hydrogens is 306 g/mol. The van der Waals surface area contributed by atoms with Crippen molar-refractivity contribution < 1.29 is 19.0 Å². The van der Waals surface area contributed by atoms with Crippen LogP contribution in [0.15, 0.2) is 48.5 Å². The minimum absolute atomic E-state index is 0.147. The van der Waals surface area contributed by atoms with Crippen molar-refractivity contribution >= 4 is 5.97 Å². The van der Waals surface area contributed by atoms with Crippen LogP contribution < -0.4 is 9.47 Å². The number of nitrogens with zero attached hydrogens (tertiary/aromatic N) is 1. The van der Waals surface area contributed by atoms with Gasteiger partial charge in [0.1, 0.15) is 24.7 Å². The predicted molar refractivity (Wildman–Crippen MR) is 88.9 cm³/mol. The van der Waals surface area contributed by atoms with Crippen LogP contribution in [0.4, 0.5) is 0 Å². The average Bonchev–Trinajstić information content (AvgIpc) is 2.59. The van der Waals surface area contributed by atoms with Crippen molar-refractivity contribution in [2.75, 3.05) is 13.2 Å². The topological polar surface area (TPSA) is 68.6 Å². The lowest BCUT2D eigenvalue weighted by Crippen LogP contribution is -2.27. The molecule has 124 valence electrons. The molecule has 0 unspecified atom stereocenters. The zero-order valence-corrected chi connectivity index (χ0v) is 13.7. The fourth-order valence-electron chi connectivity index (χ4n) is 1.98. The molecule has 0 bridgehead atoms. The third-order valence-corrected chi connectivity index (χ3v) is 3.21. The molecule has 5 heteroatoms. The summed E-state index contributed by atoms with van der Waals surface area (Å²) in [4.78, 5) is 11.9. The van der Waals surface area contributed by atoms with Crippen LogP contribution in [0, 0.1) is 18.3 Å². The molecule has 0 aliphatic carbocycles. The minimum Gasteiger partial charge on any atom is -0.490 e. The molecule has 0 amide bonds. The number of hydrogen-bond acceptors (Lipinski definition) is 5. The summed E-state index contributed by atoms with van der Waals surface area (Å²) in [6, 6.07) is 16.2. The van der Waals surface area contributed by atoms with Gasteiger partial charge in [0.15, 0.2) is 6.10 Å². The largest absolute Gasteiger partial charge is 0.490 e. The molecule has 0 heterocycles. The number of ether oxygens (including phenoxy) is 3. The van der Waals surface area contributed by atoms with E-state index < -0.39 is 12.1 Å². The minimum atomic E-state index is -0.739. The van der Waals surface area contributed by atoms with Gasteiger partial charge in [-0.3, -0.25) is 0 Å². The summed E-state index contributed by atoms with van der Waals surface area (Å²) in [7, 11) is 0. The van der Waals surface area contributed by atoms with Crippen LogP contribution in [-0.4, -0.2) is 25.3 Å². The van der Waals surface area contributed by atoms with Gasteiger partial charge in [0, 0.05) is 0 Å². The Kier molecular flexibility index (Phi) is 6.21. The molecule has 0 saturated carbocycles. The van der Waals surface area contributed by atoms with E-state index in [0.717, 1.165) is 11.3 Å². The first-order chi connectivity index (χ1) is 11.6. The Balaban J connectivity index is 1.72. The van der Waals surface area contributed by atoms with Crippen molar-refractivity contribution in [2.45, 2.75) is 20.0 Å². The Morgan fingerprint density at radius 1 is 1.12 bits per heavy atom. The maximum Gasteiger partial charge on any atom is 0.347 e. The number of benzene rings is 2. The molecule has 0 fully saturated rings. The summed E-state index contributed by atoms with van der Waals surface area (Å²) in [5, 5.41) is 8.74. The quantitative estimate of drug-likeness (QED) is 0.577. The molecule has 0 saturated heterocycles. The number of carbonyl (C=O) groups excluding carboxylic acids is 1. The summed E-state index contributed by atoms with van der Waals surface area (Å²) in [6.45, 7) is 4.02. The molecule has 0 aliphatic rings. The monoisotopic (exact) mass is 325 g/mol. The summed E-state index contributed by atoms with van der Waals surface area (Å²) in [5.41, 5.74) is 1.64. The summed E-state index contributed by atoms with van der Waals surface area (Å²) in [5.74, 6) is 0.787. The van der Waals surface area contributed by atoms with Gasteiger partial charge in [0.05, 0.1) is 11.6 Å². The molecule has 24 heavy (non-hydrogen) atoms. The molecule has 2 rings (SSSR count). The van der Waals surface area contributed by atoms with E-state index in [4.69, 9.17) is 19.5 Å². The number of esters is 1. The lowest BCUT2D eigenvalue weighted by molar-refractivity contribution is -0.151. The van der Waals surface area contributed by atoms with Crippen molar-refractivity contribution in [3.05, 3.63) is 59.7 Å². The first-order valence-electron chi connectivity index (χ1n) is 7.61. The van der Waals surface area contributed by atoms with E-state index in [-0.39, 0.29) is 13.2 Å². The predicted octanol–water partition coefficient (Wildman–Crippen LogP) is 3.26. The third kappa shape index (κ3) is 5.33. The van der Waals surface area contributed by atoms with E-state index in [1.54, 1.807) is 31.2 Å². The molecule has 0 aliphatic heterocycles. The number of carbonyl (C=O) groups is 1. The first kappa shape index (κ1) is 17.4. The zero-order valence-electron chi connectivity index (χ0n) is 13.7. The fourth-order valence-corrected chi connectivity index (χ4v) is 1.98. The standard InChI is InChI=1S/C19H19NO4/c1-14-4-3-5-18(12-14)22-10-11-23-19(21)15(2)24-17-8-6-16(13-20)7-9-17/h3-9,12,15H,10-11H2,1-2H3/t15-/m0/s1. The van der Waals surface area contributed by atoms with Crippen molar-refractivity contribution in [3.8, 4) is 17.6 Å². The normalized spacial score (nSPS) is 11.2. The van der Waals surface area contributed by atoms with Crippen LogP contribution in [0.3, 0.4) is 0 Å². The average molecular weight is 325 g/mol. The van der Waals surface area contributed by atoms with Gasteiger partial charge in [-0.05, 0) is 55.8 Å². The molecule has 1 atom stereocenters. The highest BCUT2D eigenvalue weighted by molar-refractivity contribution is 5.74. The van der Waals surface area contributed by atoms with E-state index >= 15 is 0 Å². The summed E-state index contributed by atoms with van der Waals surface area (Å²) < 4.78 is 16.1. The number of rotatable bonds is 7. The van der Waals surface area contributed by atoms with E-state index in [0.29, 0.717) is 11.3 Å². The van der Waals surface area contributed by atoms with E-state index in [1.807, 2.05) is 37.3 Å². The van der Waals surface area contributed by atoms with E-state index in [9.17, 15) is 4.79 Å². The van der Waals surface area contributed by atoms with Crippen molar-refractivity contribution in [2.24, 2.45) is 0 Å². The van der Waals surface area contributed by atoms with Gasteiger partial charge in [-0.1, -0.05) is 12.1 Å². The van der Waals surface area contributed by atoms with Crippen LogP contribution in [0.2, 0.25) is 0 Å². The third-order valence-electron chi connectivity index (χ3n) is 3.21. The van der Waals surface area contributed by atoms with Crippen molar-refractivity contribution in [1.82, 2.24) is 0 Å². The molecule has 0 spiro atoms. The van der Waals surface area contributed by atoms with Crippen LogP contribution >= 0.6 is 0 Å². The molecule has 2 aromatic carbocycles. The van der Waals surface area contributed by atoms with Crippen LogP contribution in [0.25, 0.3) is 0 Å². The Bertz CT molecular complexity index is 719. The fraction of sp³-hybridized carbons (Fsp3) is 0.263. The maximum atomic E-state index is 11.9. The van der Waals surface area contributed by atoms with Gasteiger partial charge in [-0.2, -0.15) is 5.26 Å². The van der Waals surface area contributed by atoms with Crippen LogP contribution in [0.1, 0.15) is 18.1 Å². The molecule has 0 radical (unpaired) electrons. The Morgan fingerprint density at radius 3 is 2.54 bits per heavy atom. The number of aryl methyl sites for hydroxylation is 1. The lowest BCUT2D eigenvalue weighted by Gasteiger charge is -2.14. The van der Waals surface area contributed by atoms with Gasteiger partial charge in [-0.25, -0.2) is 4.79 Å². The van der Waals surface area contributed by atoms with E-state index in [1.165, 1.54) is 0 Å². The van der Waals surface area contributed by atoms with Crippen LogP contribution in [0.5, 0.6) is 11.5 Å². The summed E-state index contributed by atoms with van der Waals surface area (Å²) >= 11 is 0. The number of nitriles is 1. The van der Waals surface area contributed by atoms with Gasteiger partial charge in [0.25, 0.3) is 0 Å². The molecule has 5 nitrogen and oxygen atoms in total. The second-order valence-corrected chi connectivity index (χ2v) is 5.23. The Hall–Kier alpha value is -3.00. The molecule has 0 aromatic heterocycles. The van der Waals surface area contributed by atoms with Crippen molar-refractivity contribution in [1.29, 1.82) is 5.26 Å². The molecule has 2 aromatic rings. The Labute approximate surface area is 141 Å². The second kappa shape index (κ2) is 8.59. The number of hydrogen-bond donors (Lipinski definition) is 0. The zero-order chi connectivity index (χ0) is 17.4. The van der Waals surface area contributed by atoms with E-state index in [2.05, 4.69) is 0 Å².